The predicted molar refractivity (Wildman–Crippen MR) is 127 cm³/mol. The number of nitrogens with two attached hydrogens (primary N) is 1. The molecular weight excluding hydrogens is 520 g/mol. The summed E-state index contributed by atoms with van der Waals surface area (Å²) in [4.78, 5) is 34.3. The number of nitro benzene ring substituents is 1. The average Bonchev–Trinajstić information content (AvgIpc) is 2.89. The summed E-state index contributed by atoms with van der Waals surface area (Å²) in [6, 6.07) is 3.57. The van der Waals surface area contributed by atoms with Crippen LogP contribution in [0.1, 0.15) is 5.56 Å². The minimum Gasteiger partial charge on any atom is -0.455 e. The van der Waals surface area contributed by atoms with Crippen LogP contribution in [0.2, 0.25) is 0 Å². The lowest BCUT2D eigenvalue weighted by atomic mass is 9.99. The maximum absolute atomic E-state index is 12.0. The molecule has 16 nitrogen and oxygen atoms in total. The quantitative estimate of drug-likeness (QED) is 0.0797. The van der Waals surface area contributed by atoms with Crippen LogP contribution < -0.4 is 21.1 Å². The number of amides is 2. The number of alkyl carbamates (subject to hydrolysis) is 2. The number of aliphatic hydroxyl groups excluding tert-OH is 4. The molecule has 0 spiro atoms. The van der Waals surface area contributed by atoms with E-state index < -0.39 is 66.2 Å². The summed E-state index contributed by atoms with van der Waals surface area (Å²) in [7, 11) is 0. The fourth-order valence-electron chi connectivity index (χ4n) is 3.11. The second kappa shape index (κ2) is 14.7. The number of aliphatic hydroxyl groups is 4. The second-order valence-electron chi connectivity index (χ2n) is 7.74. The molecule has 1 saturated heterocycles. The Morgan fingerprint density at radius 2 is 1.92 bits per heavy atom. The van der Waals surface area contributed by atoms with Crippen LogP contribution in [0.4, 0.5) is 15.3 Å². The Morgan fingerprint density at radius 3 is 2.54 bits per heavy atom. The van der Waals surface area contributed by atoms with Crippen molar-refractivity contribution in [3.8, 4) is 5.75 Å². The highest BCUT2D eigenvalue weighted by Crippen LogP contribution is 2.32. The molecule has 0 aliphatic carbocycles. The van der Waals surface area contributed by atoms with Crippen LogP contribution in [0, 0.1) is 10.1 Å². The number of thiol groups is 1. The summed E-state index contributed by atoms with van der Waals surface area (Å²) in [6.45, 7) is -1.00. The molecule has 1 aliphatic rings. The normalized spacial score (nSPS) is 24.0. The summed E-state index contributed by atoms with van der Waals surface area (Å²) < 4.78 is 20.6. The van der Waals surface area contributed by atoms with Gasteiger partial charge in [-0.2, -0.15) is 12.6 Å². The van der Waals surface area contributed by atoms with Crippen molar-refractivity contribution in [3.05, 3.63) is 33.9 Å². The van der Waals surface area contributed by atoms with Crippen LogP contribution in [-0.4, -0.2) is 106 Å². The second-order valence-corrected chi connectivity index (χ2v) is 8.19. The molecule has 17 heteroatoms. The molecule has 0 bridgehead atoms. The molecule has 1 fully saturated rings. The van der Waals surface area contributed by atoms with Crippen LogP contribution in [0.3, 0.4) is 0 Å². The van der Waals surface area contributed by atoms with Crippen molar-refractivity contribution in [1.82, 2.24) is 10.6 Å². The maximum Gasteiger partial charge on any atom is 0.407 e. The molecule has 1 heterocycles. The number of carbonyl (C=O) groups is 2. The number of nitro groups is 1. The molecule has 6 atom stereocenters. The smallest absolute Gasteiger partial charge is 0.407 e. The lowest BCUT2D eigenvalue weighted by Gasteiger charge is -2.39. The van der Waals surface area contributed by atoms with Crippen molar-refractivity contribution in [2.75, 3.05) is 32.0 Å². The number of hydrogen-bond donors (Lipinski definition) is 8. The van der Waals surface area contributed by atoms with Crippen LogP contribution in [0.15, 0.2) is 18.2 Å². The van der Waals surface area contributed by atoms with E-state index in [0.717, 1.165) is 12.1 Å². The van der Waals surface area contributed by atoms with Gasteiger partial charge in [-0.3, -0.25) is 10.1 Å². The predicted octanol–water partition coefficient (Wildman–Crippen LogP) is -2.02. The zero-order valence-corrected chi connectivity index (χ0v) is 20.4. The van der Waals surface area contributed by atoms with Gasteiger partial charge in [0.2, 0.25) is 6.29 Å². The zero-order chi connectivity index (χ0) is 27.5. The summed E-state index contributed by atoms with van der Waals surface area (Å²) in [5.74, 6) is 0.0630. The molecule has 2 rings (SSSR count). The van der Waals surface area contributed by atoms with Gasteiger partial charge in [0.25, 0.3) is 0 Å². The van der Waals surface area contributed by atoms with Crippen molar-refractivity contribution in [2.24, 2.45) is 5.73 Å². The van der Waals surface area contributed by atoms with E-state index in [1.54, 1.807) is 0 Å². The van der Waals surface area contributed by atoms with E-state index in [0.29, 0.717) is 5.75 Å². The molecule has 0 saturated carbocycles. The Labute approximate surface area is 216 Å². The minimum absolute atomic E-state index is 0.0727. The van der Waals surface area contributed by atoms with Crippen molar-refractivity contribution in [1.29, 1.82) is 0 Å². The highest BCUT2D eigenvalue weighted by molar-refractivity contribution is 7.80. The van der Waals surface area contributed by atoms with Gasteiger partial charge < -0.3 is 55.7 Å². The molecular formula is C20H30N4O12S. The van der Waals surface area contributed by atoms with E-state index in [4.69, 9.17) is 24.7 Å². The summed E-state index contributed by atoms with van der Waals surface area (Å²) in [5, 5.41) is 55.4. The third kappa shape index (κ3) is 8.85. The Bertz CT molecular complexity index is 923. The van der Waals surface area contributed by atoms with Gasteiger partial charge in [0.1, 0.15) is 37.1 Å². The molecule has 208 valence electrons. The van der Waals surface area contributed by atoms with Gasteiger partial charge in [-0.1, -0.05) is 6.07 Å². The Hall–Kier alpha value is -2.93. The SMILES string of the molecule is NCC(CNC(=O)OCc1ccc(O[C@@H]2OC(CO)[C@H](O)C(O)[C@H]2O)c([N+](=O)[O-])c1)OC(=O)NCCS. The molecule has 1 aromatic rings. The molecule has 3 unspecified atom stereocenters. The molecule has 0 radical (unpaired) electrons. The molecule has 37 heavy (non-hydrogen) atoms. The Morgan fingerprint density at radius 1 is 1.19 bits per heavy atom. The minimum atomic E-state index is -1.76. The van der Waals surface area contributed by atoms with Crippen molar-refractivity contribution >= 4 is 30.5 Å². The fourth-order valence-corrected chi connectivity index (χ4v) is 3.22. The third-order valence-electron chi connectivity index (χ3n) is 5.07. The highest BCUT2D eigenvalue weighted by Gasteiger charge is 2.45. The Kier molecular flexibility index (Phi) is 12.1. The van der Waals surface area contributed by atoms with E-state index in [9.17, 15) is 40.1 Å². The van der Waals surface area contributed by atoms with Crippen molar-refractivity contribution in [2.45, 2.75) is 43.4 Å². The Balaban J connectivity index is 1.95. The molecule has 1 aliphatic heterocycles. The first-order valence-corrected chi connectivity index (χ1v) is 11.6. The van der Waals surface area contributed by atoms with Gasteiger partial charge in [0.05, 0.1) is 18.1 Å². The molecule has 2 amide bonds. The highest BCUT2D eigenvalue weighted by atomic mass is 32.1. The molecule has 1 aromatic carbocycles. The first-order valence-electron chi connectivity index (χ1n) is 11.0. The van der Waals surface area contributed by atoms with Crippen molar-refractivity contribution < 1.29 is 53.9 Å². The number of hydrogen-bond acceptors (Lipinski definition) is 14. The summed E-state index contributed by atoms with van der Waals surface area (Å²) in [6.07, 6.45) is -10.5. The number of benzene rings is 1. The van der Waals surface area contributed by atoms with Gasteiger partial charge in [-0.25, -0.2) is 9.59 Å². The van der Waals surface area contributed by atoms with Crippen LogP contribution in [0.5, 0.6) is 5.75 Å². The number of rotatable bonds is 12. The monoisotopic (exact) mass is 550 g/mol. The number of nitrogens with zero attached hydrogens (tertiary/aromatic N) is 1. The number of ether oxygens (including phenoxy) is 4. The number of nitrogens with one attached hydrogen (secondary N) is 2. The third-order valence-corrected chi connectivity index (χ3v) is 5.30. The zero-order valence-electron chi connectivity index (χ0n) is 19.5. The van der Waals surface area contributed by atoms with Gasteiger partial charge in [-0.05, 0) is 11.6 Å². The lowest BCUT2D eigenvalue weighted by molar-refractivity contribution is -0.387. The topological polar surface area (TPSA) is 245 Å². The van der Waals surface area contributed by atoms with Crippen molar-refractivity contribution in [3.63, 3.8) is 0 Å². The van der Waals surface area contributed by atoms with Gasteiger partial charge in [0, 0.05) is 24.9 Å². The average molecular weight is 551 g/mol. The van der Waals surface area contributed by atoms with Crippen LogP contribution in [-0.2, 0) is 20.8 Å². The van der Waals surface area contributed by atoms with E-state index in [1.807, 2.05) is 0 Å². The van der Waals surface area contributed by atoms with E-state index in [2.05, 4.69) is 23.3 Å². The van der Waals surface area contributed by atoms with E-state index in [1.165, 1.54) is 6.07 Å². The first kappa shape index (κ1) is 30.3. The first-order chi connectivity index (χ1) is 17.6. The molecule has 0 aromatic heterocycles. The summed E-state index contributed by atoms with van der Waals surface area (Å²) in [5.41, 5.74) is 5.16. The van der Waals surface area contributed by atoms with Gasteiger partial charge in [-0.15, -0.1) is 0 Å². The lowest BCUT2D eigenvalue weighted by Crippen LogP contribution is -2.60. The molecule has 8 N–H and O–H groups in total. The standard InChI is InChI=1S/C20H30N4O12S/c21-6-11(34-20(30)22-3-4-37)7-23-19(29)33-9-10-1-2-13(12(5-10)24(31)32)35-18-17(28)16(27)15(26)14(8-25)36-18/h1-2,5,11,14-18,25-28,37H,3-4,6-9,21H2,(H,22,30)(H,23,29)/t11?,14?,15-,16?,17+,18+/m0/s1. The van der Waals surface area contributed by atoms with E-state index in [-0.39, 0.29) is 37.6 Å². The largest absolute Gasteiger partial charge is 0.455 e. The fraction of sp³-hybridized carbons (Fsp3) is 0.600. The van der Waals surface area contributed by atoms with Gasteiger partial charge >= 0.3 is 17.9 Å². The van der Waals surface area contributed by atoms with Crippen LogP contribution in [0.25, 0.3) is 0 Å². The van der Waals surface area contributed by atoms with E-state index >= 15 is 0 Å². The van der Waals surface area contributed by atoms with Crippen LogP contribution >= 0.6 is 12.6 Å². The maximum atomic E-state index is 12.0. The van der Waals surface area contributed by atoms with Gasteiger partial charge in [0.15, 0.2) is 5.75 Å². The number of carbonyl (C=O) groups excluding carboxylic acids is 2. The summed E-state index contributed by atoms with van der Waals surface area (Å²) >= 11 is 3.95.